The number of hydrogen-bond donors (Lipinski definition) is 1. The van der Waals surface area contributed by atoms with Gasteiger partial charge in [0.25, 0.3) is 5.91 Å². The van der Waals surface area contributed by atoms with E-state index in [0.29, 0.717) is 17.1 Å². The third kappa shape index (κ3) is 4.09. The number of aryl methyl sites for hydroxylation is 1. The molecule has 0 unspecified atom stereocenters. The van der Waals surface area contributed by atoms with E-state index in [4.69, 9.17) is 16.6 Å². The number of hydrogen-bond acceptors (Lipinski definition) is 2. The highest BCUT2D eigenvalue weighted by atomic mass is 35.5. The number of allylic oxidation sites excluding steroid dienone is 1. The van der Waals surface area contributed by atoms with Gasteiger partial charge in [0.2, 0.25) is 0 Å². The lowest BCUT2D eigenvalue weighted by Gasteiger charge is -2.08. The van der Waals surface area contributed by atoms with Crippen LogP contribution in [0.3, 0.4) is 0 Å². The standard InChI is InChI=1S/C20H20ClN3O/c1-2-14-24-18-7-4-3-6-17(18)23-19(24)8-5-13-22-20(25)15-9-11-16(21)12-10-15/h2-4,6-7,9-12H,1,5,8,13-14H2,(H,22,25). The van der Waals surface area contributed by atoms with Crippen LogP contribution in [0.4, 0.5) is 0 Å². The highest BCUT2D eigenvalue weighted by Crippen LogP contribution is 2.17. The third-order valence-corrected chi connectivity index (χ3v) is 4.27. The Morgan fingerprint density at radius 1 is 1.20 bits per heavy atom. The van der Waals surface area contributed by atoms with Crippen LogP contribution < -0.4 is 5.32 Å². The second-order valence-corrected chi connectivity index (χ2v) is 6.22. The molecule has 0 aliphatic rings. The van der Waals surface area contributed by atoms with E-state index >= 15 is 0 Å². The molecule has 0 bridgehead atoms. The zero-order chi connectivity index (χ0) is 17.6. The lowest BCUT2D eigenvalue weighted by molar-refractivity contribution is 0.0953. The Labute approximate surface area is 152 Å². The van der Waals surface area contributed by atoms with Crippen LogP contribution in [0.1, 0.15) is 22.6 Å². The number of carbonyl (C=O) groups is 1. The summed E-state index contributed by atoms with van der Waals surface area (Å²) in [5.74, 6) is 0.929. The summed E-state index contributed by atoms with van der Waals surface area (Å²) in [5, 5.41) is 3.56. The number of nitrogens with zero attached hydrogens (tertiary/aromatic N) is 2. The summed E-state index contributed by atoms with van der Waals surface area (Å²) in [7, 11) is 0. The molecule has 1 amide bonds. The molecule has 3 aromatic rings. The molecule has 128 valence electrons. The molecule has 0 fully saturated rings. The van der Waals surface area contributed by atoms with E-state index in [-0.39, 0.29) is 5.91 Å². The summed E-state index contributed by atoms with van der Waals surface area (Å²) in [6.07, 6.45) is 3.49. The fraction of sp³-hybridized carbons (Fsp3) is 0.200. The van der Waals surface area contributed by atoms with Crippen LogP contribution in [0.25, 0.3) is 11.0 Å². The smallest absolute Gasteiger partial charge is 0.251 e. The van der Waals surface area contributed by atoms with Crippen molar-refractivity contribution in [1.29, 1.82) is 0 Å². The maximum Gasteiger partial charge on any atom is 0.251 e. The van der Waals surface area contributed by atoms with Crippen LogP contribution in [0.15, 0.2) is 61.2 Å². The third-order valence-electron chi connectivity index (χ3n) is 4.01. The highest BCUT2D eigenvalue weighted by Gasteiger charge is 2.09. The predicted molar refractivity (Wildman–Crippen MR) is 102 cm³/mol. The molecule has 1 heterocycles. The van der Waals surface area contributed by atoms with Gasteiger partial charge in [-0.15, -0.1) is 6.58 Å². The maximum absolute atomic E-state index is 12.1. The van der Waals surface area contributed by atoms with Crippen LogP contribution in [0.5, 0.6) is 0 Å². The van der Waals surface area contributed by atoms with Crippen molar-refractivity contribution in [3.8, 4) is 0 Å². The van der Waals surface area contributed by atoms with E-state index in [9.17, 15) is 4.79 Å². The summed E-state index contributed by atoms with van der Waals surface area (Å²) >= 11 is 5.84. The Bertz CT molecular complexity index is 884. The van der Waals surface area contributed by atoms with Gasteiger partial charge in [-0.2, -0.15) is 0 Å². The van der Waals surface area contributed by atoms with Crippen LogP contribution in [0, 0.1) is 0 Å². The zero-order valence-corrected chi connectivity index (χ0v) is 14.7. The van der Waals surface area contributed by atoms with Crippen molar-refractivity contribution in [2.75, 3.05) is 6.54 Å². The molecule has 0 saturated carbocycles. The predicted octanol–water partition coefficient (Wildman–Crippen LogP) is 4.24. The monoisotopic (exact) mass is 353 g/mol. The van der Waals surface area contributed by atoms with Gasteiger partial charge in [-0.25, -0.2) is 4.98 Å². The molecule has 3 rings (SSSR count). The van der Waals surface area contributed by atoms with E-state index in [0.717, 1.165) is 36.2 Å². The van der Waals surface area contributed by atoms with Gasteiger partial charge in [0.15, 0.2) is 0 Å². The minimum atomic E-state index is -0.0868. The number of rotatable bonds is 7. The Balaban J connectivity index is 1.59. The number of benzene rings is 2. The van der Waals surface area contributed by atoms with Gasteiger partial charge in [0.1, 0.15) is 5.82 Å². The van der Waals surface area contributed by atoms with Crippen molar-refractivity contribution in [2.24, 2.45) is 0 Å². The summed E-state index contributed by atoms with van der Waals surface area (Å²) in [5.41, 5.74) is 2.72. The molecule has 25 heavy (non-hydrogen) atoms. The summed E-state index contributed by atoms with van der Waals surface area (Å²) in [6, 6.07) is 15.0. The van der Waals surface area contributed by atoms with Gasteiger partial charge in [-0.3, -0.25) is 4.79 Å². The van der Waals surface area contributed by atoms with Crippen LogP contribution in [0.2, 0.25) is 5.02 Å². The van der Waals surface area contributed by atoms with E-state index in [1.807, 2.05) is 24.3 Å². The Morgan fingerprint density at radius 3 is 2.72 bits per heavy atom. The number of carbonyl (C=O) groups excluding carboxylic acids is 1. The first-order valence-electron chi connectivity index (χ1n) is 8.28. The quantitative estimate of drug-likeness (QED) is 0.510. The highest BCUT2D eigenvalue weighted by molar-refractivity contribution is 6.30. The maximum atomic E-state index is 12.1. The average molecular weight is 354 g/mol. The average Bonchev–Trinajstić information content (AvgIpc) is 2.97. The minimum Gasteiger partial charge on any atom is -0.352 e. The first-order valence-corrected chi connectivity index (χ1v) is 8.65. The van der Waals surface area contributed by atoms with Crippen LogP contribution in [-0.4, -0.2) is 22.0 Å². The summed E-state index contributed by atoms with van der Waals surface area (Å²) < 4.78 is 2.17. The number of nitrogens with one attached hydrogen (secondary N) is 1. The number of fused-ring (bicyclic) bond motifs is 1. The fourth-order valence-electron chi connectivity index (χ4n) is 2.80. The molecule has 0 aliphatic carbocycles. The molecular formula is C20H20ClN3O. The van der Waals surface area contributed by atoms with Crippen molar-refractivity contribution in [1.82, 2.24) is 14.9 Å². The number of amides is 1. The number of imidazole rings is 1. The second-order valence-electron chi connectivity index (χ2n) is 5.78. The number of halogens is 1. The van der Waals surface area contributed by atoms with Crippen molar-refractivity contribution in [2.45, 2.75) is 19.4 Å². The first kappa shape index (κ1) is 17.2. The van der Waals surface area contributed by atoms with Gasteiger partial charge in [-0.05, 0) is 42.8 Å². The van der Waals surface area contributed by atoms with Crippen molar-refractivity contribution in [3.05, 3.63) is 77.6 Å². The Kier molecular flexibility index (Phi) is 5.51. The second kappa shape index (κ2) is 7.99. The number of aromatic nitrogens is 2. The minimum absolute atomic E-state index is 0.0868. The van der Waals surface area contributed by atoms with E-state index in [2.05, 4.69) is 22.5 Å². The van der Waals surface area contributed by atoms with Crippen LogP contribution in [-0.2, 0) is 13.0 Å². The van der Waals surface area contributed by atoms with Crippen molar-refractivity contribution >= 4 is 28.5 Å². The molecule has 1 aromatic heterocycles. The van der Waals surface area contributed by atoms with E-state index in [1.165, 1.54) is 0 Å². The normalized spacial score (nSPS) is 10.8. The summed E-state index contributed by atoms with van der Waals surface area (Å²) in [4.78, 5) is 16.8. The molecule has 4 nitrogen and oxygen atoms in total. The molecule has 0 spiro atoms. The zero-order valence-electron chi connectivity index (χ0n) is 13.9. The van der Waals surface area contributed by atoms with Crippen molar-refractivity contribution in [3.63, 3.8) is 0 Å². The molecule has 0 atom stereocenters. The molecule has 5 heteroatoms. The molecular weight excluding hydrogens is 334 g/mol. The first-order chi connectivity index (χ1) is 12.2. The lowest BCUT2D eigenvalue weighted by Crippen LogP contribution is -2.24. The topological polar surface area (TPSA) is 46.9 Å². The Morgan fingerprint density at radius 2 is 1.96 bits per heavy atom. The van der Waals surface area contributed by atoms with Gasteiger partial charge < -0.3 is 9.88 Å². The molecule has 0 radical (unpaired) electrons. The molecule has 0 saturated heterocycles. The van der Waals surface area contributed by atoms with Gasteiger partial charge in [0.05, 0.1) is 11.0 Å². The van der Waals surface area contributed by atoms with Crippen molar-refractivity contribution < 1.29 is 4.79 Å². The van der Waals surface area contributed by atoms with E-state index in [1.54, 1.807) is 24.3 Å². The fourth-order valence-corrected chi connectivity index (χ4v) is 2.93. The van der Waals surface area contributed by atoms with Gasteiger partial charge >= 0.3 is 0 Å². The lowest BCUT2D eigenvalue weighted by atomic mass is 10.2. The Hall–Kier alpha value is -2.59. The van der Waals surface area contributed by atoms with E-state index < -0.39 is 0 Å². The number of para-hydroxylation sites is 2. The molecule has 1 N–H and O–H groups in total. The SMILES string of the molecule is C=CCn1c(CCCNC(=O)c2ccc(Cl)cc2)nc2ccccc21. The van der Waals surface area contributed by atoms with Gasteiger partial charge in [-0.1, -0.05) is 29.8 Å². The summed E-state index contributed by atoms with van der Waals surface area (Å²) in [6.45, 7) is 5.15. The van der Waals surface area contributed by atoms with Gasteiger partial charge in [0, 0.05) is 30.1 Å². The molecule has 2 aromatic carbocycles. The molecule has 0 aliphatic heterocycles. The largest absolute Gasteiger partial charge is 0.352 e. The van der Waals surface area contributed by atoms with Crippen LogP contribution >= 0.6 is 11.6 Å².